The van der Waals surface area contributed by atoms with Crippen molar-refractivity contribution in [1.82, 2.24) is 20.6 Å². The van der Waals surface area contributed by atoms with Gasteiger partial charge in [-0.2, -0.15) is 0 Å². The van der Waals surface area contributed by atoms with E-state index in [-0.39, 0.29) is 17.9 Å². The van der Waals surface area contributed by atoms with E-state index in [4.69, 9.17) is 0 Å². The third-order valence-electron chi connectivity index (χ3n) is 5.16. The predicted molar refractivity (Wildman–Crippen MR) is 126 cm³/mol. The summed E-state index contributed by atoms with van der Waals surface area (Å²) in [5.41, 5.74) is 4.30. The van der Waals surface area contributed by atoms with Crippen molar-refractivity contribution in [2.24, 2.45) is 0 Å². The minimum Gasteiger partial charge on any atom is -0.355 e. The second-order valence-electron chi connectivity index (χ2n) is 7.42. The van der Waals surface area contributed by atoms with Crippen LogP contribution in [-0.2, 0) is 11.2 Å². The van der Waals surface area contributed by atoms with Crippen molar-refractivity contribution in [3.8, 4) is 0 Å². The number of nitrogens with one attached hydrogen (secondary N) is 3. The Balaban J connectivity index is 1.51. The summed E-state index contributed by atoms with van der Waals surface area (Å²) in [6.07, 6.45) is 3.83. The lowest BCUT2D eigenvalue weighted by molar-refractivity contribution is -0.117. The number of para-hydroxylation sites is 2. The molecular formula is C26H24N4O2. The molecule has 0 aliphatic heterocycles. The molecule has 1 unspecified atom stereocenters. The highest BCUT2D eigenvalue weighted by molar-refractivity contribution is 5.95. The maximum absolute atomic E-state index is 12.7. The van der Waals surface area contributed by atoms with Gasteiger partial charge in [0.2, 0.25) is 5.91 Å². The molecule has 0 saturated heterocycles. The smallest absolute Gasteiger partial charge is 0.251 e. The number of carbonyl (C=O) groups is 2. The van der Waals surface area contributed by atoms with Crippen molar-refractivity contribution in [2.45, 2.75) is 12.5 Å². The molecule has 1 atom stereocenters. The number of benzene rings is 3. The zero-order valence-corrected chi connectivity index (χ0v) is 17.7. The van der Waals surface area contributed by atoms with Gasteiger partial charge in [-0.05, 0) is 47.9 Å². The fourth-order valence-corrected chi connectivity index (χ4v) is 3.49. The maximum atomic E-state index is 12.7. The van der Waals surface area contributed by atoms with E-state index >= 15 is 0 Å². The summed E-state index contributed by atoms with van der Waals surface area (Å²) in [5.74, 6) is 0.348. The number of aromatic amines is 1. The van der Waals surface area contributed by atoms with Gasteiger partial charge in [-0.25, -0.2) is 4.98 Å². The fourth-order valence-electron chi connectivity index (χ4n) is 3.49. The normalized spacial score (nSPS) is 12.0. The van der Waals surface area contributed by atoms with Crippen molar-refractivity contribution in [3.63, 3.8) is 0 Å². The lowest BCUT2D eigenvalue weighted by atomic mass is 10.1. The average molecular weight is 425 g/mol. The number of carbonyl (C=O) groups excluding carboxylic acids is 2. The van der Waals surface area contributed by atoms with Crippen LogP contribution in [0.5, 0.6) is 0 Å². The molecule has 0 radical (unpaired) electrons. The van der Waals surface area contributed by atoms with Crippen molar-refractivity contribution in [2.75, 3.05) is 7.05 Å². The van der Waals surface area contributed by atoms with E-state index in [2.05, 4.69) is 20.6 Å². The first-order chi connectivity index (χ1) is 15.6. The molecule has 0 aliphatic rings. The fraction of sp³-hybridized carbons (Fsp3) is 0.115. The molecule has 0 saturated carbocycles. The molecule has 6 nitrogen and oxygen atoms in total. The largest absolute Gasteiger partial charge is 0.355 e. The molecule has 1 aromatic heterocycles. The first-order valence-corrected chi connectivity index (χ1v) is 10.4. The summed E-state index contributed by atoms with van der Waals surface area (Å²) >= 11 is 0. The Labute approximate surface area is 186 Å². The zero-order chi connectivity index (χ0) is 22.3. The van der Waals surface area contributed by atoms with Gasteiger partial charge in [-0.1, -0.05) is 54.6 Å². The first-order valence-electron chi connectivity index (χ1n) is 10.4. The molecule has 0 fully saturated rings. The summed E-state index contributed by atoms with van der Waals surface area (Å²) in [6, 6.07) is 24.5. The minimum atomic E-state index is -0.308. The van der Waals surface area contributed by atoms with Crippen LogP contribution in [0.4, 0.5) is 0 Å². The molecule has 2 amide bonds. The number of imidazole rings is 1. The van der Waals surface area contributed by atoms with E-state index in [0.717, 1.165) is 22.2 Å². The third kappa shape index (κ3) is 5.10. The minimum absolute atomic E-state index is 0.145. The summed E-state index contributed by atoms with van der Waals surface area (Å²) < 4.78 is 0. The van der Waals surface area contributed by atoms with E-state index in [0.29, 0.717) is 17.8 Å². The molecule has 3 N–H and O–H groups in total. The molecule has 1 heterocycles. The molecule has 0 spiro atoms. The highest BCUT2D eigenvalue weighted by atomic mass is 16.2. The Morgan fingerprint density at radius 1 is 0.969 bits per heavy atom. The van der Waals surface area contributed by atoms with Crippen molar-refractivity contribution >= 4 is 28.9 Å². The van der Waals surface area contributed by atoms with Crippen molar-refractivity contribution < 1.29 is 9.59 Å². The van der Waals surface area contributed by atoms with Gasteiger partial charge >= 0.3 is 0 Å². The van der Waals surface area contributed by atoms with E-state index in [1.54, 1.807) is 37.4 Å². The van der Waals surface area contributed by atoms with Gasteiger partial charge in [0.15, 0.2) is 0 Å². The van der Waals surface area contributed by atoms with Gasteiger partial charge in [0.05, 0.1) is 17.1 Å². The summed E-state index contributed by atoms with van der Waals surface area (Å²) in [7, 11) is 1.59. The summed E-state index contributed by atoms with van der Waals surface area (Å²) in [4.78, 5) is 32.4. The van der Waals surface area contributed by atoms with Gasteiger partial charge in [-0.3, -0.25) is 9.59 Å². The maximum Gasteiger partial charge on any atom is 0.251 e. The van der Waals surface area contributed by atoms with E-state index in [1.165, 1.54) is 6.08 Å². The van der Waals surface area contributed by atoms with Crippen molar-refractivity contribution in [3.05, 3.63) is 107 Å². The van der Waals surface area contributed by atoms with Gasteiger partial charge in [0.25, 0.3) is 5.91 Å². The number of rotatable bonds is 7. The van der Waals surface area contributed by atoms with Crippen LogP contribution in [-0.4, -0.2) is 28.8 Å². The number of hydrogen-bond donors (Lipinski definition) is 3. The Hall–Kier alpha value is -4.19. The molecular weight excluding hydrogens is 400 g/mol. The molecule has 160 valence electrons. The molecule has 0 bridgehead atoms. The number of H-pyrrole nitrogens is 1. The molecule has 4 aromatic rings. The second kappa shape index (κ2) is 9.75. The SMILES string of the molecule is CNC(=O)c1ccc(/C=C/C(=O)NC(Cc2ccccc2)c2nc3ccccc3[nH]2)cc1. The number of nitrogens with zero attached hydrogens (tertiary/aromatic N) is 1. The molecule has 4 rings (SSSR count). The van der Waals surface area contributed by atoms with Crippen LogP contribution in [0.2, 0.25) is 0 Å². The van der Waals surface area contributed by atoms with E-state index in [9.17, 15) is 9.59 Å². The Kier molecular flexibility index (Phi) is 6.41. The molecule has 6 heteroatoms. The Morgan fingerprint density at radius 2 is 1.69 bits per heavy atom. The first kappa shape index (κ1) is 21.1. The van der Waals surface area contributed by atoms with Crippen LogP contribution in [0.15, 0.2) is 84.9 Å². The van der Waals surface area contributed by atoms with Gasteiger partial charge in [0, 0.05) is 18.7 Å². The van der Waals surface area contributed by atoms with Gasteiger partial charge in [-0.15, -0.1) is 0 Å². The van der Waals surface area contributed by atoms with Crippen LogP contribution in [0, 0.1) is 0 Å². The van der Waals surface area contributed by atoms with Crippen LogP contribution in [0.25, 0.3) is 17.1 Å². The highest BCUT2D eigenvalue weighted by Gasteiger charge is 2.18. The number of hydrogen-bond acceptors (Lipinski definition) is 3. The van der Waals surface area contributed by atoms with Gasteiger partial charge in [0.1, 0.15) is 5.82 Å². The summed E-state index contributed by atoms with van der Waals surface area (Å²) in [5, 5.41) is 5.66. The molecule has 0 aliphatic carbocycles. The third-order valence-corrected chi connectivity index (χ3v) is 5.16. The van der Waals surface area contributed by atoms with Gasteiger partial charge < -0.3 is 15.6 Å². The molecule has 3 aromatic carbocycles. The lowest BCUT2D eigenvalue weighted by Gasteiger charge is -2.16. The zero-order valence-electron chi connectivity index (χ0n) is 17.7. The van der Waals surface area contributed by atoms with Crippen LogP contribution >= 0.6 is 0 Å². The standard InChI is InChI=1S/C26H24N4O2/c1-27-26(32)20-14-11-18(12-15-20)13-16-24(31)28-23(17-19-7-3-2-4-8-19)25-29-21-9-5-6-10-22(21)30-25/h2-16,23H,17H2,1H3,(H,27,32)(H,28,31)(H,29,30)/b16-13+. The average Bonchev–Trinajstić information content (AvgIpc) is 3.27. The summed E-state index contributed by atoms with van der Waals surface area (Å²) in [6.45, 7) is 0. The van der Waals surface area contributed by atoms with E-state index < -0.39 is 0 Å². The predicted octanol–water partition coefficient (Wildman–Crippen LogP) is 4.04. The number of aromatic nitrogens is 2. The number of fused-ring (bicyclic) bond motifs is 1. The lowest BCUT2D eigenvalue weighted by Crippen LogP contribution is -2.29. The topological polar surface area (TPSA) is 86.9 Å². The van der Waals surface area contributed by atoms with Crippen LogP contribution in [0.1, 0.15) is 33.4 Å². The van der Waals surface area contributed by atoms with Crippen LogP contribution in [0.3, 0.4) is 0 Å². The Bertz CT molecular complexity index is 1210. The van der Waals surface area contributed by atoms with Crippen LogP contribution < -0.4 is 10.6 Å². The van der Waals surface area contributed by atoms with Crippen molar-refractivity contribution in [1.29, 1.82) is 0 Å². The second-order valence-corrected chi connectivity index (χ2v) is 7.42. The number of amides is 2. The Morgan fingerprint density at radius 3 is 2.41 bits per heavy atom. The highest BCUT2D eigenvalue weighted by Crippen LogP contribution is 2.20. The quantitative estimate of drug-likeness (QED) is 0.392. The van der Waals surface area contributed by atoms with E-state index in [1.807, 2.05) is 54.6 Å². The molecule has 32 heavy (non-hydrogen) atoms. The monoisotopic (exact) mass is 424 g/mol.